The van der Waals surface area contributed by atoms with Crippen molar-refractivity contribution in [2.24, 2.45) is 0 Å². The summed E-state index contributed by atoms with van der Waals surface area (Å²) < 4.78 is 0. The van der Waals surface area contributed by atoms with Gasteiger partial charge in [0.1, 0.15) is 6.07 Å². The van der Waals surface area contributed by atoms with Gasteiger partial charge in [-0.2, -0.15) is 5.26 Å². The number of likely N-dealkylation sites (N-methyl/N-ethyl adjacent to an activating group) is 1. The van der Waals surface area contributed by atoms with E-state index < -0.39 is 0 Å². The van der Waals surface area contributed by atoms with Gasteiger partial charge in [0.05, 0.1) is 6.04 Å². The lowest BCUT2D eigenvalue weighted by molar-refractivity contribution is 0.426. The second-order valence-electron chi connectivity index (χ2n) is 3.26. The highest BCUT2D eigenvalue weighted by Crippen LogP contribution is 2.16. The Bertz CT molecular complexity index is 366. The molecule has 14 heavy (non-hydrogen) atoms. The van der Waals surface area contributed by atoms with Crippen LogP contribution in [0.2, 0.25) is 0 Å². The fraction of sp³-hybridized carbons (Fsp3) is 0.444. The van der Waals surface area contributed by atoms with E-state index in [-0.39, 0.29) is 0 Å². The second kappa shape index (κ2) is 3.60. The van der Waals surface area contributed by atoms with Crippen molar-refractivity contribution >= 4 is 5.82 Å². The molecular weight excluding hydrogens is 178 g/mol. The highest BCUT2D eigenvalue weighted by Gasteiger charge is 2.24. The molecule has 72 valence electrons. The topological polar surface area (TPSA) is 64.8 Å². The number of hydrogen-bond donors (Lipinski definition) is 1. The van der Waals surface area contributed by atoms with E-state index >= 15 is 0 Å². The number of anilines is 1. The van der Waals surface area contributed by atoms with Gasteiger partial charge in [-0.25, -0.2) is 9.97 Å². The molecule has 0 spiro atoms. The van der Waals surface area contributed by atoms with Crippen LogP contribution in [-0.2, 0) is 0 Å². The van der Waals surface area contributed by atoms with Crippen LogP contribution in [0.15, 0.2) is 12.4 Å². The summed E-state index contributed by atoms with van der Waals surface area (Å²) in [6.45, 7) is 1.88. The Kier molecular flexibility index (Phi) is 2.29. The molecule has 0 unspecified atom stereocenters. The van der Waals surface area contributed by atoms with Crippen molar-refractivity contribution in [1.29, 1.82) is 5.26 Å². The van der Waals surface area contributed by atoms with Gasteiger partial charge in [-0.1, -0.05) is 0 Å². The standard InChI is InChI=1S/C9H11N5/c1-14(7-5-11-6-7)9-8(4-10)12-2-3-13-9/h2-3,7,11H,5-6H2,1H3. The van der Waals surface area contributed by atoms with E-state index in [9.17, 15) is 0 Å². The van der Waals surface area contributed by atoms with Gasteiger partial charge in [-0.15, -0.1) is 0 Å². The van der Waals surface area contributed by atoms with Crippen molar-refractivity contribution in [2.75, 3.05) is 25.0 Å². The third-order valence-corrected chi connectivity index (χ3v) is 2.43. The molecule has 1 saturated heterocycles. The first kappa shape index (κ1) is 8.91. The summed E-state index contributed by atoms with van der Waals surface area (Å²) in [5.74, 6) is 0.668. The minimum absolute atomic E-state index is 0.391. The number of nitrogens with one attached hydrogen (secondary N) is 1. The Morgan fingerprint density at radius 3 is 2.79 bits per heavy atom. The molecular formula is C9H11N5. The zero-order valence-corrected chi connectivity index (χ0v) is 7.94. The second-order valence-corrected chi connectivity index (χ2v) is 3.26. The summed E-state index contributed by atoms with van der Waals surface area (Å²) in [7, 11) is 1.94. The fourth-order valence-electron chi connectivity index (χ4n) is 1.39. The van der Waals surface area contributed by atoms with Gasteiger partial charge in [0.2, 0.25) is 0 Å². The zero-order valence-electron chi connectivity index (χ0n) is 7.94. The van der Waals surface area contributed by atoms with Crippen molar-refractivity contribution < 1.29 is 0 Å². The number of nitrogens with zero attached hydrogens (tertiary/aromatic N) is 4. The molecule has 1 aliphatic heterocycles. The number of aromatic nitrogens is 2. The van der Waals surface area contributed by atoms with Gasteiger partial charge in [0, 0.05) is 32.5 Å². The zero-order chi connectivity index (χ0) is 9.97. The van der Waals surface area contributed by atoms with Gasteiger partial charge >= 0.3 is 0 Å². The normalized spacial score (nSPS) is 15.7. The molecule has 5 heteroatoms. The van der Waals surface area contributed by atoms with Crippen LogP contribution in [0.4, 0.5) is 5.82 Å². The fourth-order valence-corrected chi connectivity index (χ4v) is 1.39. The largest absolute Gasteiger partial charge is 0.352 e. The summed E-state index contributed by atoms with van der Waals surface area (Å²) in [5, 5.41) is 12.0. The van der Waals surface area contributed by atoms with Crippen LogP contribution >= 0.6 is 0 Å². The lowest BCUT2D eigenvalue weighted by atomic mass is 10.1. The molecule has 1 N–H and O–H groups in total. The molecule has 1 aromatic rings. The minimum Gasteiger partial charge on any atom is -0.352 e. The van der Waals surface area contributed by atoms with Crippen molar-refractivity contribution in [2.45, 2.75) is 6.04 Å². The molecule has 0 aliphatic carbocycles. The van der Waals surface area contributed by atoms with Crippen LogP contribution < -0.4 is 10.2 Å². The van der Waals surface area contributed by atoms with E-state index in [1.807, 2.05) is 18.0 Å². The van der Waals surface area contributed by atoms with E-state index in [1.165, 1.54) is 6.20 Å². The summed E-state index contributed by atoms with van der Waals surface area (Å²) in [5.41, 5.74) is 0.391. The minimum atomic E-state index is 0.391. The molecule has 1 fully saturated rings. The summed E-state index contributed by atoms with van der Waals surface area (Å²) in [6, 6.07) is 2.47. The molecule has 0 radical (unpaired) electrons. The lowest BCUT2D eigenvalue weighted by Gasteiger charge is -2.36. The van der Waals surface area contributed by atoms with E-state index in [4.69, 9.17) is 5.26 Å². The lowest BCUT2D eigenvalue weighted by Crippen LogP contribution is -2.56. The summed E-state index contributed by atoms with van der Waals surface area (Å²) in [6.07, 6.45) is 3.15. The van der Waals surface area contributed by atoms with Gasteiger partial charge in [-0.3, -0.25) is 0 Å². The molecule has 2 rings (SSSR count). The van der Waals surface area contributed by atoms with Crippen molar-refractivity contribution in [3.05, 3.63) is 18.1 Å². The quantitative estimate of drug-likeness (QED) is 0.695. The summed E-state index contributed by atoms with van der Waals surface area (Å²) in [4.78, 5) is 10.1. The molecule has 0 aromatic carbocycles. The Morgan fingerprint density at radius 1 is 1.50 bits per heavy atom. The van der Waals surface area contributed by atoms with E-state index in [2.05, 4.69) is 15.3 Å². The van der Waals surface area contributed by atoms with Crippen LogP contribution in [0, 0.1) is 11.3 Å². The first-order valence-electron chi connectivity index (χ1n) is 4.47. The molecule has 0 bridgehead atoms. The van der Waals surface area contributed by atoms with Crippen LogP contribution in [0.1, 0.15) is 5.69 Å². The third-order valence-electron chi connectivity index (χ3n) is 2.43. The first-order valence-corrected chi connectivity index (χ1v) is 4.47. The third kappa shape index (κ3) is 1.40. The highest BCUT2D eigenvalue weighted by molar-refractivity contribution is 5.50. The van der Waals surface area contributed by atoms with Crippen molar-refractivity contribution in [3.63, 3.8) is 0 Å². The maximum atomic E-state index is 8.85. The van der Waals surface area contributed by atoms with E-state index in [1.54, 1.807) is 6.20 Å². The van der Waals surface area contributed by atoms with E-state index in [0.29, 0.717) is 17.6 Å². The SMILES string of the molecule is CN(c1nccnc1C#N)C1CNC1. The van der Waals surface area contributed by atoms with Gasteiger partial charge in [0.15, 0.2) is 11.5 Å². The van der Waals surface area contributed by atoms with Crippen LogP contribution in [-0.4, -0.2) is 36.1 Å². The van der Waals surface area contributed by atoms with Gasteiger partial charge < -0.3 is 10.2 Å². The van der Waals surface area contributed by atoms with Gasteiger partial charge in [0.25, 0.3) is 0 Å². The Balaban J connectivity index is 2.26. The Morgan fingerprint density at radius 2 is 2.21 bits per heavy atom. The first-order chi connectivity index (χ1) is 6.83. The average molecular weight is 189 g/mol. The monoisotopic (exact) mass is 189 g/mol. The molecule has 0 atom stereocenters. The molecule has 1 aromatic heterocycles. The smallest absolute Gasteiger partial charge is 0.183 e. The number of rotatable bonds is 2. The number of nitriles is 1. The molecule has 5 nitrogen and oxygen atoms in total. The molecule has 0 amide bonds. The van der Waals surface area contributed by atoms with E-state index in [0.717, 1.165) is 13.1 Å². The molecule has 1 aliphatic rings. The highest BCUT2D eigenvalue weighted by atomic mass is 15.3. The Hall–Kier alpha value is -1.67. The maximum absolute atomic E-state index is 8.85. The number of hydrogen-bond acceptors (Lipinski definition) is 5. The average Bonchev–Trinajstić information content (AvgIpc) is 2.15. The van der Waals surface area contributed by atoms with Crippen LogP contribution in [0.3, 0.4) is 0 Å². The van der Waals surface area contributed by atoms with Crippen molar-refractivity contribution in [1.82, 2.24) is 15.3 Å². The van der Waals surface area contributed by atoms with Gasteiger partial charge in [-0.05, 0) is 0 Å². The maximum Gasteiger partial charge on any atom is 0.183 e. The summed E-state index contributed by atoms with van der Waals surface area (Å²) >= 11 is 0. The molecule has 0 saturated carbocycles. The van der Waals surface area contributed by atoms with Crippen molar-refractivity contribution in [3.8, 4) is 6.07 Å². The molecule has 2 heterocycles. The Labute approximate surface area is 82.4 Å². The predicted molar refractivity (Wildman–Crippen MR) is 51.8 cm³/mol. The van der Waals surface area contributed by atoms with Crippen LogP contribution in [0.5, 0.6) is 0 Å². The van der Waals surface area contributed by atoms with Crippen LogP contribution in [0.25, 0.3) is 0 Å². The predicted octanol–water partition coefficient (Wildman–Crippen LogP) is -0.244.